The Balaban J connectivity index is 1.92. The van der Waals surface area contributed by atoms with Gasteiger partial charge < -0.3 is 14.6 Å². The molecule has 5 nitrogen and oxygen atoms in total. The highest BCUT2D eigenvalue weighted by atomic mass is 16.6. The molecule has 0 aromatic carbocycles. The Morgan fingerprint density at radius 2 is 2.20 bits per heavy atom. The molecule has 2 spiro atoms. The van der Waals surface area contributed by atoms with E-state index in [0.29, 0.717) is 12.2 Å². The molecule has 2 aliphatic carbocycles. The average Bonchev–Trinajstić information content (AvgIpc) is 3.07. The first kappa shape index (κ1) is 12.1. The Morgan fingerprint density at radius 3 is 2.80 bits per heavy atom. The van der Waals surface area contributed by atoms with Crippen LogP contribution in [0.3, 0.4) is 0 Å². The summed E-state index contributed by atoms with van der Waals surface area (Å²) in [7, 11) is 0. The number of cyclic esters (lactones) is 1. The first-order chi connectivity index (χ1) is 9.44. The summed E-state index contributed by atoms with van der Waals surface area (Å²) in [6.07, 6.45) is 3.92. The summed E-state index contributed by atoms with van der Waals surface area (Å²) >= 11 is 0. The second-order valence-electron chi connectivity index (χ2n) is 6.33. The Morgan fingerprint density at radius 1 is 1.50 bits per heavy atom. The van der Waals surface area contributed by atoms with Crippen LogP contribution in [0.25, 0.3) is 0 Å². The molecule has 0 amide bonds. The maximum atomic E-state index is 12.2. The molecule has 0 aromatic rings. The van der Waals surface area contributed by atoms with Crippen LogP contribution in [0, 0.1) is 23.2 Å². The van der Waals surface area contributed by atoms with Crippen LogP contribution in [0.5, 0.6) is 0 Å². The molecule has 0 unspecified atom stereocenters. The summed E-state index contributed by atoms with van der Waals surface area (Å²) in [5.41, 5.74) is 0.0538. The SMILES string of the molecule is CC1=C[C@]23[C@H](COC(=O)[C@]24CO4)C(C(=O)O)=C[C@H]3[C@@H]1C. The van der Waals surface area contributed by atoms with Crippen molar-refractivity contribution < 1.29 is 24.2 Å². The van der Waals surface area contributed by atoms with Crippen molar-refractivity contribution in [2.75, 3.05) is 13.2 Å². The second kappa shape index (κ2) is 3.34. The lowest BCUT2D eigenvalue weighted by atomic mass is 9.61. The average molecular weight is 276 g/mol. The fraction of sp³-hybridized carbons (Fsp3) is 0.600. The molecule has 0 bridgehead atoms. The predicted octanol–water partition coefficient (Wildman–Crippen LogP) is 1.15. The van der Waals surface area contributed by atoms with Gasteiger partial charge in [-0.05, 0) is 18.8 Å². The molecule has 5 atom stereocenters. The minimum absolute atomic E-state index is 0.00829. The summed E-state index contributed by atoms with van der Waals surface area (Å²) in [6.45, 7) is 4.59. The maximum Gasteiger partial charge on any atom is 0.341 e. The number of carbonyl (C=O) groups is 2. The molecule has 5 heteroatoms. The van der Waals surface area contributed by atoms with Gasteiger partial charge in [0.15, 0.2) is 5.60 Å². The summed E-state index contributed by atoms with van der Waals surface area (Å²) in [6, 6.07) is 0. The highest BCUT2D eigenvalue weighted by molar-refractivity contribution is 5.92. The standard InChI is InChI=1S/C15H16O5/c1-7-4-14-10(8(7)2)3-9(12(16)17)11(14)5-19-13(18)15(14)6-20-15/h3-4,8,10-11H,5-6H2,1-2H3,(H,16,17)/t8-,10+,11-,14+,15-/m1/s1. The van der Waals surface area contributed by atoms with E-state index in [2.05, 4.69) is 13.0 Å². The van der Waals surface area contributed by atoms with Gasteiger partial charge in [-0.1, -0.05) is 24.6 Å². The molecule has 20 heavy (non-hydrogen) atoms. The molecular weight excluding hydrogens is 260 g/mol. The first-order valence-corrected chi connectivity index (χ1v) is 6.89. The Hall–Kier alpha value is -1.62. The van der Waals surface area contributed by atoms with E-state index < -0.39 is 17.0 Å². The largest absolute Gasteiger partial charge is 0.478 e. The topological polar surface area (TPSA) is 76.1 Å². The molecule has 4 aliphatic rings. The number of carbonyl (C=O) groups excluding carboxylic acids is 1. The molecule has 2 heterocycles. The van der Waals surface area contributed by atoms with Crippen LogP contribution in [0.2, 0.25) is 0 Å². The van der Waals surface area contributed by atoms with Crippen molar-refractivity contribution in [2.45, 2.75) is 19.4 Å². The number of hydrogen-bond donors (Lipinski definition) is 1. The van der Waals surface area contributed by atoms with E-state index >= 15 is 0 Å². The maximum absolute atomic E-state index is 12.2. The number of carboxylic acid groups (broad SMARTS) is 1. The van der Waals surface area contributed by atoms with Crippen molar-refractivity contribution in [3.05, 3.63) is 23.3 Å². The van der Waals surface area contributed by atoms with Gasteiger partial charge in [-0.2, -0.15) is 0 Å². The first-order valence-electron chi connectivity index (χ1n) is 6.89. The monoisotopic (exact) mass is 276 g/mol. The van der Waals surface area contributed by atoms with Gasteiger partial charge in [-0.15, -0.1) is 0 Å². The van der Waals surface area contributed by atoms with Gasteiger partial charge in [0.25, 0.3) is 0 Å². The van der Waals surface area contributed by atoms with Crippen LogP contribution in [0.15, 0.2) is 23.3 Å². The summed E-state index contributed by atoms with van der Waals surface area (Å²) in [5.74, 6) is -1.33. The number of rotatable bonds is 1. The Labute approximate surface area is 116 Å². The van der Waals surface area contributed by atoms with E-state index in [4.69, 9.17) is 9.47 Å². The van der Waals surface area contributed by atoms with Crippen molar-refractivity contribution in [1.82, 2.24) is 0 Å². The number of epoxide rings is 1. The highest BCUT2D eigenvalue weighted by Crippen LogP contribution is 2.68. The number of esters is 1. The van der Waals surface area contributed by atoms with E-state index in [1.165, 1.54) is 5.57 Å². The molecule has 2 saturated heterocycles. The fourth-order valence-corrected chi connectivity index (χ4v) is 4.49. The van der Waals surface area contributed by atoms with Crippen molar-refractivity contribution in [1.29, 1.82) is 0 Å². The van der Waals surface area contributed by atoms with Gasteiger partial charge in [0.2, 0.25) is 0 Å². The van der Waals surface area contributed by atoms with E-state index in [0.717, 1.165) is 0 Å². The van der Waals surface area contributed by atoms with E-state index in [-0.39, 0.29) is 30.3 Å². The van der Waals surface area contributed by atoms with Gasteiger partial charge in [-0.25, -0.2) is 9.59 Å². The zero-order valence-electron chi connectivity index (χ0n) is 11.4. The van der Waals surface area contributed by atoms with E-state index in [1.807, 2.05) is 13.0 Å². The number of allylic oxidation sites excluding steroid dienone is 2. The summed E-state index contributed by atoms with van der Waals surface area (Å²) in [5, 5.41) is 9.44. The van der Waals surface area contributed by atoms with Gasteiger partial charge in [0, 0.05) is 16.9 Å². The van der Waals surface area contributed by atoms with Crippen LogP contribution < -0.4 is 0 Å². The van der Waals surface area contributed by atoms with Gasteiger partial charge >= 0.3 is 11.9 Å². The number of hydrogen-bond acceptors (Lipinski definition) is 4. The molecule has 2 aliphatic heterocycles. The minimum Gasteiger partial charge on any atom is -0.478 e. The third kappa shape index (κ3) is 1.06. The third-order valence-electron chi connectivity index (χ3n) is 5.68. The molecule has 0 saturated carbocycles. The molecular formula is C15H16O5. The quantitative estimate of drug-likeness (QED) is 0.442. The summed E-state index contributed by atoms with van der Waals surface area (Å²) < 4.78 is 10.8. The molecule has 2 fully saturated rings. The lowest BCUT2D eigenvalue weighted by Crippen LogP contribution is -2.56. The predicted molar refractivity (Wildman–Crippen MR) is 67.7 cm³/mol. The lowest BCUT2D eigenvalue weighted by Gasteiger charge is -2.43. The van der Waals surface area contributed by atoms with Crippen LogP contribution in [0.1, 0.15) is 13.8 Å². The van der Waals surface area contributed by atoms with Crippen molar-refractivity contribution >= 4 is 11.9 Å². The van der Waals surface area contributed by atoms with Crippen LogP contribution >= 0.6 is 0 Å². The van der Waals surface area contributed by atoms with Gasteiger partial charge in [-0.3, -0.25) is 0 Å². The van der Waals surface area contributed by atoms with E-state index in [1.54, 1.807) is 0 Å². The van der Waals surface area contributed by atoms with E-state index in [9.17, 15) is 14.7 Å². The molecule has 106 valence electrons. The fourth-order valence-electron chi connectivity index (χ4n) is 4.49. The van der Waals surface area contributed by atoms with Gasteiger partial charge in [0.05, 0.1) is 13.2 Å². The third-order valence-corrected chi connectivity index (χ3v) is 5.68. The number of aliphatic carboxylic acids is 1. The Bertz CT molecular complexity index is 597. The molecule has 4 rings (SSSR count). The van der Waals surface area contributed by atoms with Gasteiger partial charge in [0.1, 0.15) is 0 Å². The molecule has 0 radical (unpaired) electrons. The zero-order chi connectivity index (χ0) is 14.3. The minimum atomic E-state index is -0.958. The lowest BCUT2D eigenvalue weighted by molar-refractivity contribution is -0.170. The van der Waals surface area contributed by atoms with Crippen molar-refractivity contribution in [3.8, 4) is 0 Å². The second-order valence-corrected chi connectivity index (χ2v) is 6.33. The van der Waals surface area contributed by atoms with Crippen LogP contribution in [0.4, 0.5) is 0 Å². The number of carboxylic acids is 1. The molecule has 1 N–H and O–H groups in total. The van der Waals surface area contributed by atoms with Crippen LogP contribution in [-0.2, 0) is 19.1 Å². The highest BCUT2D eigenvalue weighted by Gasteiger charge is 2.78. The number of ether oxygens (including phenoxy) is 2. The van der Waals surface area contributed by atoms with Crippen molar-refractivity contribution in [3.63, 3.8) is 0 Å². The Kier molecular flexibility index (Phi) is 2.03. The summed E-state index contributed by atoms with van der Waals surface area (Å²) in [4.78, 5) is 23.7. The van der Waals surface area contributed by atoms with Crippen LogP contribution in [-0.4, -0.2) is 35.9 Å². The zero-order valence-corrected chi connectivity index (χ0v) is 11.4. The normalized spacial score (nSPS) is 48.3. The smallest absolute Gasteiger partial charge is 0.341 e. The molecule has 0 aromatic heterocycles. The van der Waals surface area contributed by atoms with Crippen molar-refractivity contribution in [2.24, 2.45) is 23.2 Å².